The summed E-state index contributed by atoms with van der Waals surface area (Å²) in [6.07, 6.45) is 2.49. The van der Waals surface area contributed by atoms with E-state index in [2.05, 4.69) is 11.9 Å². The zero-order chi connectivity index (χ0) is 15.6. The van der Waals surface area contributed by atoms with Crippen molar-refractivity contribution in [2.75, 3.05) is 6.54 Å². The van der Waals surface area contributed by atoms with Gasteiger partial charge in [-0.2, -0.15) is 0 Å². The van der Waals surface area contributed by atoms with E-state index in [9.17, 15) is 9.59 Å². The Morgan fingerprint density at radius 2 is 1.90 bits per heavy atom. The highest BCUT2D eigenvalue weighted by atomic mass is 16.2. The van der Waals surface area contributed by atoms with Crippen molar-refractivity contribution in [2.45, 2.75) is 46.2 Å². The zero-order valence-corrected chi connectivity index (χ0v) is 12.9. The summed E-state index contributed by atoms with van der Waals surface area (Å²) in [6, 6.07) is 0. The predicted octanol–water partition coefficient (Wildman–Crippen LogP) is 0.218. The molecule has 2 aromatic rings. The molecule has 0 aliphatic heterocycles. The first-order valence-electron chi connectivity index (χ1n) is 7.45. The molecule has 7 nitrogen and oxygen atoms in total. The topological polar surface area (TPSA) is 87.8 Å². The van der Waals surface area contributed by atoms with Gasteiger partial charge in [0.15, 0.2) is 11.2 Å². The number of hydrogen-bond donors (Lipinski definition) is 1. The lowest BCUT2D eigenvalue weighted by Gasteiger charge is -2.09. The molecule has 0 spiro atoms. The van der Waals surface area contributed by atoms with Crippen LogP contribution in [0.4, 0.5) is 0 Å². The predicted molar refractivity (Wildman–Crippen MR) is 82.6 cm³/mol. The van der Waals surface area contributed by atoms with Gasteiger partial charge in [-0.05, 0) is 26.3 Å². The Morgan fingerprint density at radius 1 is 1.19 bits per heavy atom. The van der Waals surface area contributed by atoms with Crippen LogP contribution in [0, 0.1) is 0 Å². The maximum Gasteiger partial charge on any atom is 0.332 e. The number of hydrogen-bond acceptors (Lipinski definition) is 4. The summed E-state index contributed by atoms with van der Waals surface area (Å²) in [5.41, 5.74) is 5.99. The molecule has 0 amide bonds. The fourth-order valence-corrected chi connectivity index (χ4v) is 2.59. The highest BCUT2D eigenvalue weighted by molar-refractivity contribution is 5.71. The van der Waals surface area contributed by atoms with E-state index in [4.69, 9.17) is 5.73 Å². The summed E-state index contributed by atoms with van der Waals surface area (Å²) in [7, 11) is 1.51. The largest absolute Gasteiger partial charge is 0.332 e. The molecule has 0 saturated heterocycles. The molecule has 0 bridgehead atoms. The molecule has 0 fully saturated rings. The van der Waals surface area contributed by atoms with Gasteiger partial charge in [-0.1, -0.05) is 6.92 Å². The summed E-state index contributed by atoms with van der Waals surface area (Å²) in [6.45, 7) is 5.64. The third-order valence-corrected chi connectivity index (χ3v) is 3.68. The molecule has 0 aliphatic rings. The number of nitrogens with zero attached hydrogens (tertiary/aromatic N) is 4. The van der Waals surface area contributed by atoms with E-state index in [1.54, 1.807) is 4.57 Å². The van der Waals surface area contributed by atoms with E-state index in [0.29, 0.717) is 30.8 Å². The van der Waals surface area contributed by atoms with Gasteiger partial charge in [0.2, 0.25) is 0 Å². The first-order chi connectivity index (χ1) is 10.1. The molecule has 7 heteroatoms. The van der Waals surface area contributed by atoms with Crippen LogP contribution < -0.4 is 17.0 Å². The number of aromatic nitrogens is 4. The molecule has 0 radical (unpaired) electrons. The van der Waals surface area contributed by atoms with Crippen LogP contribution in [0.25, 0.3) is 11.2 Å². The minimum absolute atomic E-state index is 0.286. The van der Waals surface area contributed by atoms with Crippen LogP contribution in [0.2, 0.25) is 0 Å². The summed E-state index contributed by atoms with van der Waals surface area (Å²) >= 11 is 0. The maximum absolute atomic E-state index is 12.5. The second-order valence-electron chi connectivity index (χ2n) is 5.14. The van der Waals surface area contributed by atoms with E-state index in [0.717, 1.165) is 29.7 Å². The minimum atomic E-state index is -0.318. The molecular weight excluding hydrogens is 270 g/mol. The van der Waals surface area contributed by atoms with Crippen molar-refractivity contribution in [3.05, 3.63) is 26.7 Å². The van der Waals surface area contributed by atoms with Crippen LogP contribution in [0.15, 0.2) is 9.59 Å². The van der Waals surface area contributed by atoms with Crippen LogP contribution in [0.5, 0.6) is 0 Å². The molecule has 2 rings (SSSR count). The Morgan fingerprint density at radius 3 is 2.48 bits per heavy atom. The third-order valence-electron chi connectivity index (χ3n) is 3.68. The zero-order valence-electron chi connectivity index (χ0n) is 12.9. The average Bonchev–Trinajstić information content (AvgIpc) is 2.82. The van der Waals surface area contributed by atoms with E-state index in [1.807, 2.05) is 11.5 Å². The lowest BCUT2D eigenvalue weighted by Crippen LogP contribution is -2.38. The Balaban J connectivity index is 2.84. The minimum Gasteiger partial charge on any atom is -0.330 e. The standard InChI is InChI=1S/C14H23N5O2/c1-4-7-10-16-12-11(19(10)9-6-8-15)13(20)17(3)14(21)18(12)5-2/h4-9,15H2,1-3H3. The molecule has 0 unspecified atom stereocenters. The number of rotatable bonds is 6. The van der Waals surface area contributed by atoms with Crippen LogP contribution >= 0.6 is 0 Å². The normalized spacial score (nSPS) is 11.4. The highest BCUT2D eigenvalue weighted by Gasteiger charge is 2.18. The SMILES string of the molecule is CCCc1nc2c(c(=O)n(C)c(=O)n2CC)n1CCCN. The monoisotopic (exact) mass is 293 g/mol. The Hall–Kier alpha value is -1.89. The average molecular weight is 293 g/mol. The molecule has 0 aromatic carbocycles. The molecule has 0 saturated carbocycles. The Labute approximate surface area is 123 Å². The summed E-state index contributed by atoms with van der Waals surface area (Å²) in [4.78, 5) is 29.2. The quantitative estimate of drug-likeness (QED) is 0.825. The van der Waals surface area contributed by atoms with Gasteiger partial charge < -0.3 is 10.3 Å². The third kappa shape index (κ3) is 2.53. The van der Waals surface area contributed by atoms with Gasteiger partial charge in [0, 0.05) is 26.6 Å². The van der Waals surface area contributed by atoms with Gasteiger partial charge in [0.25, 0.3) is 5.56 Å². The van der Waals surface area contributed by atoms with Gasteiger partial charge in [-0.25, -0.2) is 9.78 Å². The van der Waals surface area contributed by atoms with Crippen molar-refractivity contribution in [1.29, 1.82) is 0 Å². The van der Waals surface area contributed by atoms with Gasteiger partial charge >= 0.3 is 5.69 Å². The summed E-state index contributed by atoms with van der Waals surface area (Å²) in [5.74, 6) is 0.853. The van der Waals surface area contributed by atoms with Gasteiger partial charge in [0.1, 0.15) is 5.82 Å². The molecule has 21 heavy (non-hydrogen) atoms. The summed E-state index contributed by atoms with van der Waals surface area (Å²) in [5, 5.41) is 0. The van der Waals surface area contributed by atoms with Crippen molar-refractivity contribution in [3.8, 4) is 0 Å². The molecule has 2 N–H and O–H groups in total. The molecule has 116 valence electrons. The number of aryl methyl sites for hydroxylation is 3. The van der Waals surface area contributed by atoms with Crippen molar-refractivity contribution in [1.82, 2.24) is 18.7 Å². The Kier molecular flexibility index (Phi) is 4.62. The maximum atomic E-state index is 12.5. The van der Waals surface area contributed by atoms with Crippen molar-refractivity contribution in [3.63, 3.8) is 0 Å². The first kappa shape index (κ1) is 15.5. The second kappa shape index (κ2) is 6.26. The van der Waals surface area contributed by atoms with Crippen LogP contribution in [-0.2, 0) is 26.6 Å². The van der Waals surface area contributed by atoms with Crippen molar-refractivity contribution < 1.29 is 0 Å². The van der Waals surface area contributed by atoms with Crippen LogP contribution in [0.1, 0.15) is 32.5 Å². The number of imidazole rings is 1. The fourth-order valence-electron chi connectivity index (χ4n) is 2.59. The molecule has 0 atom stereocenters. The Bertz CT molecular complexity index is 753. The second-order valence-corrected chi connectivity index (χ2v) is 5.14. The molecule has 2 heterocycles. The van der Waals surface area contributed by atoms with Crippen LogP contribution in [0.3, 0.4) is 0 Å². The first-order valence-corrected chi connectivity index (χ1v) is 7.45. The number of fused-ring (bicyclic) bond motifs is 1. The smallest absolute Gasteiger partial charge is 0.330 e. The fraction of sp³-hybridized carbons (Fsp3) is 0.643. The summed E-state index contributed by atoms with van der Waals surface area (Å²) < 4.78 is 4.64. The van der Waals surface area contributed by atoms with Crippen molar-refractivity contribution >= 4 is 11.2 Å². The van der Waals surface area contributed by atoms with E-state index in [-0.39, 0.29) is 11.2 Å². The van der Waals surface area contributed by atoms with E-state index >= 15 is 0 Å². The molecular formula is C14H23N5O2. The van der Waals surface area contributed by atoms with Crippen molar-refractivity contribution in [2.24, 2.45) is 12.8 Å². The van der Waals surface area contributed by atoms with Gasteiger partial charge in [-0.3, -0.25) is 13.9 Å². The van der Waals surface area contributed by atoms with Gasteiger partial charge in [0.05, 0.1) is 0 Å². The van der Waals surface area contributed by atoms with E-state index in [1.165, 1.54) is 7.05 Å². The highest BCUT2D eigenvalue weighted by Crippen LogP contribution is 2.14. The van der Waals surface area contributed by atoms with Gasteiger partial charge in [-0.15, -0.1) is 0 Å². The lowest BCUT2D eigenvalue weighted by molar-refractivity contribution is 0.618. The van der Waals surface area contributed by atoms with E-state index < -0.39 is 0 Å². The molecule has 0 aliphatic carbocycles. The lowest BCUT2D eigenvalue weighted by atomic mass is 10.3. The van der Waals surface area contributed by atoms with Crippen LogP contribution in [-0.4, -0.2) is 25.2 Å². The number of nitrogens with two attached hydrogens (primary N) is 1. The molecule has 2 aromatic heterocycles.